The van der Waals surface area contributed by atoms with Gasteiger partial charge < -0.3 is 10.3 Å². The molecule has 3 heterocycles. The molecule has 0 radical (unpaired) electrons. The Bertz CT molecular complexity index is 527. The van der Waals surface area contributed by atoms with E-state index < -0.39 is 0 Å². The summed E-state index contributed by atoms with van der Waals surface area (Å²) in [7, 11) is 0. The lowest BCUT2D eigenvalue weighted by Crippen LogP contribution is -2.45. The van der Waals surface area contributed by atoms with Crippen molar-refractivity contribution < 1.29 is 0 Å². The van der Waals surface area contributed by atoms with Gasteiger partial charge in [0.2, 0.25) is 0 Å². The highest BCUT2D eigenvalue weighted by Crippen LogP contribution is 2.35. The normalized spacial score (nSPS) is 24.0. The molecule has 2 N–H and O–H groups in total. The Hall–Kier alpha value is -1.35. The van der Waals surface area contributed by atoms with Crippen LogP contribution in [0.5, 0.6) is 0 Å². The van der Waals surface area contributed by atoms with Crippen LogP contribution in [-0.4, -0.2) is 22.1 Å². The van der Waals surface area contributed by atoms with E-state index in [-0.39, 0.29) is 5.54 Å². The van der Waals surface area contributed by atoms with Crippen molar-refractivity contribution in [3.05, 3.63) is 30.1 Å². The predicted molar refractivity (Wildman–Crippen MR) is 70.2 cm³/mol. The molecule has 3 nitrogen and oxygen atoms in total. The topological polar surface area (TPSA) is 40.7 Å². The maximum atomic E-state index is 4.36. The monoisotopic (exact) mass is 229 g/mol. The van der Waals surface area contributed by atoms with E-state index in [4.69, 9.17) is 0 Å². The Balaban J connectivity index is 1.98. The Morgan fingerprint density at radius 1 is 1.41 bits per heavy atom. The molecule has 0 aromatic carbocycles. The Kier molecular flexibility index (Phi) is 2.44. The largest absolute Gasteiger partial charge is 0.346 e. The first-order valence-corrected chi connectivity index (χ1v) is 6.33. The quantitative estimate of drug-likeness (QED) is 0.789. The van der Waals surface area contributed by atoms with Gasteiger partial charge in [-0.2, -0.15) is 0 Å². The van der Waals surface area contributed by atoms with Crippen LogP contribution in [0.15, 0.2) is 24.5 Å². The third-order valence-corrected chi connectivity index (χ3v) is 3.78. The van der Waals surface area contributed by atoms with Gasteiger partial charge in [0.25, 0.3) is 0 Å². The predicted octanol–water partition coefficient (Wildman–Crippen LogP) is 2.81. The molecule has 1 fully saturated rings. The van der Waals surface area contributed by atoms with Crippen molar-refractivity contribution >= 4 is 11.0 Å². The van der Waals surface area contributed by atoms with Crippen molar-refractivity contribution in [1.29, 1.82) is 0 Å². The minimum Gasteiger partial charge on any atom is -0.346 e. The lowest BCUT2D eigenvalue weighted by molar-refractivity contribution is 0.276. The van der Waals surface area contributed by atoms with Crippen LogP contribution in [-0.2, 0) is 0 Å². The second kappa shape index (κ2) is 3.84. The van der Waals surface area contributed by atoms with Crippen LogP contribution >= 0.6 is 0 Å². The van der Waals surface area contributed by atoms with Crippen molar-refractivity contribution in [3.63, 3.8) is 0 Å². The molecule has 2 aromatic rings. The fourth-order valence-corrected chi connectivity index (χ4v) is 2.96. The van der Waals surface area contributed by atoms with E-state index in [1.165, 1.54) is 23.8 Å². The zero-order chi connectivity index (χ0) is 11.9. The summed E-state index contributed by atoms with van der Waals surface area (Å²) in [6.45, 7) is 5.67. The van der Waals surface area contributed by atoms with Gasteiger partial charge in [-0.3, -0.25) is 0 Å². The molecule has 1 atom stereocenters. The molecule has 3 rings (SSSR count). The highest BCUT2D eigenvalue weighted by molar-refractivity contribution is 5.80. The van der Waals surface area contributed by atoms with E-state index >= 15 is 0 Å². The maximum absolute atomic E-state index is 4.36. The number of fused-ring (bicyclic) bond motifs is 1. The molecular weight excluding hydrogens is 210 g/mol. The number of aromatic amines is 1. The van der Waals surface area contributed by atoms with Gasteiger partial charge in [-0.05, 0) is 56.8 Å². The van der Waals surface area contributed by atoms with E-state index in [1.807, 2.05) is 12.3 Å². The summed E-state index contributed by atoms with van der Waals surface area (Å²) in [6, 6.07) is 4.19. The van der Waals surface area contributed by atoms with E-state index in [2.05, 4.69) is 41.4 Å². The number of pyridine rings is 1. The summed E-state index contributed by atoms with van der Waals surface area (Å²) in [5.41, 5.74) is 2.69. The van der Waals surface area contributed by atoms with E-state index in [9.17, 15) is 0 Å². The lowest BCUT2D eigenvalue weighted by atomic mass is 9.81. The first kappa shape index (κ1) is 10.8. The zero-order valence-electron chi connectivity index (χ0n) is 10.5. The van der Waals surface area contributed by atoms with Crippen molar-refractivity contribution in [2.75, 3.05) is 6.54 Å². The van der Waals surface area contributed by atoms with E-state index in [1.54, 1.807) is 0 Å². The fraction of sp³-hybridized carbons (Fsp3) is 0.500. The van der Waals surface area contributed by atoms with Crippen LogP contribution in [0, 0.1) is 0 Å². The van der Waals surface area contributed by atoms with Gasteiger partial charge in [-0.15, -0.1) is 0 Å². The van der Waals surface area contributed by atoms with Gasteiger partial charge in [0.15, 0.2) is 0 Å². The molecule has 0 saturated carbocycles. The van der Waals surface area contributed by atoms with Gasteiger partial charge in [0, 0.05) is 23.3 Å². The minimum absolute atomic E-state index is 0.245. The molecular formula is C14H19N3. The fourth-order valence-electron chi connectivity index (χ4n) is 2.96. The molecule has 0 bridgehead atoms. The molecule has 2 aromatic heterocycles. The molecule has 1 aliphatic rings. The molecule has 3 heteroatoms. The van der Waals surface area contributed by atoms with Gasteiger partial charge in [-0.25, -0.2) is 4.98 Å². The highest BCUT2D eigenvalue weighted by Gasteiger charge is 2.29. The average Bonchev–Trinajstić information content (AvgIpc) is 2.71. The van der Waals surface area contributed by atoms with Gasteiger partial charge in [0.1, 0.15) is 5.65 Å². The number of hydrogen-bond donors (Lipinski definition) is 2. The zero-order valence-corrected chi connectivity index (χ0v) is 10.5. The molecule has 1 unspecified atom stereocenters. The maximum Gasteiger partial charge on any atom is 0.137 e. The van der Waals surface area contributed by atoms with E-state index in [0.29, 0.717) is 5.92 Å². The lowest BCUT2D eigenvalue weighted by Gasteiger charge is -2.36. The second-order valence-electron chi connectivity index (χ2n) is 5.64. The third kappa shape index (κ3) is 1.95. The van der Waals surface area contributed by atoms with Crippen molar-refractivity contribution in [2.24, 2.45) is 0 Å². The molecule has 1 aliphatic heterocycles. The molecule has 0 spiro atoms. The van der Waals surface area contributed by atoms with Crippen molar-refractivity contribution in [1.82, 2.24) is 15.3 Å². The number of rotatable bonds is 1. The van der Waals surface area contributed by atoms with Crippen LogP contribution < -0.4 is 5.32 Å². The van der Waals surface area contributed by atoms with Crippen LogP contribution in [0.2, 0.25) is 0 Å². The Labute approximate surface area is 102 Å². The van der Waals surface area contributed by atoms with E-state index in [0.717, 1.165) is 12.2 Å². The number of nitrogens with zero attached hydrogens (tertiary/aromatic N) is 1. The minimum atomic E-state index is 0.245. The second-order valence-corrected chi connectivity index (χ2v) is 5.64. The summed E-state index contributed by atoms with van der Waals surface area (Å²) in [6.07, 6.45) is 6.39. The van der Waals surface area contributed by atoms with Crippen LogP contribution in [0.3, 0.4) is 0 Å². The smallest absolute Gasteiger partial charge is 0.137 e. The summed E-state index contributed by atoms with van der Waals surface area (Å²) >= 11 is 0. The number of H-pyrrole nitrogens is 1. The summed E-state index contributed by atoms with van der Waals surface area (Å²) in [4.78, 5) is 7.64. The van der Waals surface area contributed by atoms with Crippen LogP contribution in [0.25, 0.3) is 11.0 Å². The first-order valence-electron chi connectivity index (χ1n) is 6.33. The first-order chi connectivity index (χ1) is 8.16. The standard InChI is InChI=1S/C14H19N3/c1-14(2)8-10(5-7-17-14)12-9-16-13-11(12)4-3-6-15-13/h3-4,6,9-10,17H,5,7-8H2,1-2H3,(H,15,16). The van der Waals surface area contributed by atoms with Crippen molar-refractivity contribution in [3.8, 4) is 0 Å². The van der Waals surface area contributed by atoms with Gasteiger partial charge in [0.05, 0.1) is 0 Å². The number of hydrogen-bond acceptors (Lipinski definition) is 2. The van der Waals surface area contributed by atoms with Gasteiger partial charge in [-0.1, -0.05) is 0 Å². The Morgan fingerprint density at radius 2 is 2.29 bits per heavy atom. The summed E-state index contributed by atoms with van der Waals surface area (Å²) in [5, 5.41) is 4.86. The molecule has 1 saturated heterocycles. The number of aromatic nitrogens is 2. The number of piperidine rings is 1. The highest BCUT2D eigenvalue weighted by atomic mass is 15.0. The van der Waals surface area contributed by atoms with Crippen molar-refractivity contribution in [2.45, 2.75) is 38.1 Å². The molecule has 0 amide bonds. The van der Waals surface area contributed by atoms with Gasteiger partial charge >= 0.3 is 0 Å². The molecule has 90 valence electrons. The molecule has 0 aliphatic carbocycles. The third-order valence-electron chi connectivity index (χ3n) is 3.78. The number of nitrogens with one attached hydrogen (secondary N) is 2. The summed E-state index contributed by atoms with van der Waals surface area (Å²) in [5.74, 6) is 0.643. The summed E-state index contributed by atoms with van der Waals surface area (Å²) < 4.78 is 0. The average molecular weight is 229 g/mol. The SMILES string of the molecule is CC1(C)CC(c2c[nH]c3ncccc23)CCN1. The Morgan fingerprint density at radius 3 is 3.12 bits per heavy atom. The molecule has 17 heavy (non-hydrogen) atoms. The van der Waals surface area contributed by atoms with Crippen LogP contribution in [0.4, 0.5) is 0 Å². The van der Waals surface area contributed by atoms with Crippen LogP contribution in [0.1, 0.15) is 38.2 Å².